The predicted octanol–water partition coefficient (Wildman–Crippen LogP) is 2.79. The fraction of sp³-hybridized carbons (Fsp3) is 0.125. The van der Waals surface area contributed by atoms with Crippen LogP contribution in [-0.2, 0) is 10.0 Å². The van der Waals surface area contributed by atoms with Crippen LogP contribution in [-0.4, -0.2) is 31.6 Å². The summed E-state index contributed by atoms with van der Waals surface area (Å²) in [4.78, 5) is 12.6. The molecule has 0 radical (unpaired) electrons. The normalized spacial score (nSPS) is 11.6. The molecule has 0 aliphatic rings. The number of nitrogens with one attached hydrogen (secondary N) is 3. The molecule has 0 aliphatic carbocycles. The van der Waals surface area contributed by atoms with E-state index in [0.29, 0.717) is 10.2 Å². The van der Waals surface area contributed by atoms with Gasteiger partial charge in [0.05, 0.1) is 22.2 Å². The zero-order chi connectivity index (χ0) is 18.2. The smallest absolute Gasteiger partial charge is 0.256 e. The van der Waals surface area contributed by atoms with Crippen LogP contribution in [0.5, 0.6) is 0 Å². The van der Waals surface area contributed by atoms with Crippen molar-refractivity contribution in [2.24, 2.45) is 0 Å². The van der Waals surface area contributed by atoms with Gasteiger partial charge in [-0.1, -0.05) is 0 Å². The van der Waals surface area contributed by atoms with Crippen LogP contribution in [0.3, 0.4) is 0 Å². The molecule has 0 saturated carbocycles. The maximum atomic E-state index is 12.6. The zero-order valence-corrected chi connectivity index (χ0v) is 15.8. The number of hydrogen-bond acceptors (Lipinski definition) is 4. The summed E-state index contributed by atoms with van der Waals surface area (Å²) in [6.07, 6.45) is 1.72. The molecule has 0 bridgehead atoms. The Balaban J connectivity index is 1.96. The number of carbonyl (C=O) groups excluding carboxylic acids is 1. The molecule has 1 heterocycles. The minimum absolute atomic E-state index is 0.0172. The van der Waals surface area contributed by atoms with Crippen LogP contribution in [0.1, 0.15) is 15.9 Å². The number of hydrogen-bond donors (Lipinski definition) is 3. The second kappa shape index (κ2) is 6.58. The Morgan fingerprint density at radius 2 is 2.00 bits per heavy atom. The van der Waals surface area contributed by atoms with Gasteiger partial charge in [-0.05, 0) is 65.8 Å². The maximum absolute atomic E-state index is 12.6. The van der Waals surface area contributed by atoms with E-state index < -0.39 is 15.9 Å². The van der Waals surface area contributed by atoms with Gasteiger partial charge in [-0.15, -0.1) is 0 Å². The van der Waals surface area contributed by atoms with Crippen molar-refractivity contribution in [2.75, 3.05) is 12.4 Å². The fourth-order valence-corrected chi connectivity index (χ4v) is 3.65. The summed E-state index contributed by atoms with van der Waals surface area (Å²) in [6, 6.07) is 7.88. The third-order valence-electron chi connectivity index (χ3n) is 3.78. The SMILES string of the molecule is CNS(=O)(=O)c1ccc(Br)c(C(=O)Nc2cc(C)c3cn[nH]c3c2)c1. The molecular weight excluding hydrogens is 408 g/mol. The van der Waals surface area contributed by atoms with Gasteiger partial charge in [0.15, 0.2) is 0 Å². The molecule has 9 heteroatoms. The first-order chi connectivity index (χ1) is 11.8. The summed E-state index contributed by atoms with van der Waals surface area (Å²) in [7, 11) is -2.32. The van der Waals surface area contributed by atoms with Crippen LogP contribution in [0.4, 0.5) is 5.69 Å². The first kappa shape index (κ1) is 17.6. The number of rotatable bonds is 4. The van der Waals surface area contributed by atoms with Crippen molar-refractivity contribution >= 4 is 48.5 Å². The van der Waals surface area contributed by atoms with Gasteiger partial charge in [-0.25, -0.2) is 13.1 Å². The molecule has 0 saturated heterocycles. The maximum Gasteiger partial charge on any atom is 0.256 e. The molecule has 0 fully saturated rings. The molecule has 7 nitrogen and oxygen atoms in total. The van der Waals surface area contributed by atoms with Crippen molar-refractivity contribution in [2.45, 2.75) is 11.8 Å². The van der Waals surface area contributed by atoms with Gasteiger partial charge in [-0.2, -0.15) is 5.10 Å². The molecule has 0 unspecified atom stereocenters. The number of amides is 1. The molecule has 0 spiro atoms. The molecule has 0 atom stereocenters. The Hall–Kier alpha value is -2.23. The molecule has 25 heavy (non-hydrogen) atoms. The van der Waals surface area contributed by atoms with Gasteiger partial charge in [0.2, 0.25) is 10.0 Å². The number of nitrogens with zero attached hydrogens (tertiary/aromatic N) is 1. The van der Waals surface area contributed by atoms with E-state index in [1.54, 1.807) is 12.3 Å². The second-order valence-corrected chi connectivity index (χ2v) is 8.17. The van der Waals surface area contributed by atoms with Crippen LogP contribution in [0.2, 0.25) is 0 Å². The van der Waals surface area contributed by atoms with Gasteiger partial charge >= 0.3 is 0 Å². The molecule has 3 rings (SSSR count). The number of fused-ring (bicyclic) bond motifs is 1. The van der Waals surface area contributed by atoms with Crippen molar-refractivity contribution in [3.63, 3.8) is 0 Å². The number of carbonyl (C=O) groups is 1. The van der Waals surface area contributed by atoms with Crippen molar-refractivity contribution in [1.29, 1.82) is 0 Å². The summed E-state index contributed by atoms with van der Waals surface area (Å²) < 4.78 is 26.6. The van der Waals surface area contributed by atoms with Crippen LogP contribution < -0.4 is 10.0 Å². The average Bonchev–Trinajstić information content (AvgIpc) is 3.04. The second-order valence-electron chi connectivity index (χ2n) is 5.43. The highest BCUT2D eigenvalue weighted by molar-refractivity contribution is 9.10. The highest BCUT2D eigenvalue weighted by Gasteiger charge is 2.17. The molecule has 1 aromatic heterocycles. The molecule has 3 aromatic rings. The van der Waals surface area contributed by atoms with E-state index in [1.807, 2.05) is 13.0 Å². The Morgan fingerprint density at radius 1 is 1.24 bits per heavy atom. The summed E-state index contributed by atoms with van der Waals surface area (Å²) >= 11 is 3.29. The largest absolute Gasteiger partial charge is 0.322 e. The lowest BCUT2D eigenvalue weighted by Crippen LogP contribution is -2.20. The van der Waals surface area contributed by atoms with Crippen molar-refractivity contribution in [1.82, 2.24) is 14.9 Å². The first-order valence-corrected chi connectivity index (χ1v) is 9.57. The number of halogens is 1. The third-order valence-corrected chi connectivity index (χ3v) is 5.89. The van der Waals surface area contributed by atoms with E-state index in [9.17, 15) is 13.2 Å². The van der Waals surface area contributed by atoms with E-state index in [1.165, 1.54) is 25.2 Å². The minimum Gasteiger partial charge on any atom is -0.322 e. The van der Waals surface area contributed by atoms with Gasteiger partial charge < -0.3 is 5.32 Å². The fourth-order valence-electron chi connectivity index (χ4n) is 2.46. The summed E-state index contributed by atoms with van der Waals surface area (Å²) in [6.45, 7) is 1.92. The third kappa shape index (κ3) is 3.44. The number of aryl methyl sites for hydroxylation is 1. The predicted molar refractivity (Wildman–Crippen MR) is 99.2 cm³/mol. The molecule has 0 aliphatic heterocycles. The summed E-state index contributed by atoms with van der Waals surface area (Å²) in [5.41, 5.74) is 2.58. The highest BCUT2D eigenvalue weighted by atomic mass is 79.9. The Labute approximate surface area is 153 Å². The Bertz CT molecular complexity index is 1080. The van der Waals surface area contributed by atoms with E-state index in [2.05, 4.69) is 36.2 Å². The van der Waals surface area contributed by atoms with E-state index in [4.69, 9.17) is 0 Å². The Kier molecular flexibility index (Phi) is 4.63. The number of H-pyrrole nitrogens is 1. The van der Waals surface area contributed by atoms with Crippen LogP contribution in [0.25, 0.3) is 10.9 Å². The lowest BCUT2D eigenvalue weighted by Gasteiger charge is -2.10. The van der Waals surface area contributed by atoms with E-state index in [-0.39, 0.29) is 10.5 Å². The van der Waals surface area contributed by atoms with E-state index in [0.717, 1.165) is 16.5 Å². The van der Waals surface area contributed by atoms with Crippen molar-refractivity contribution in [3.05, 3.63) is 52.1 Å². The molecule has 3 N–H and O–H groups in total. The first-order valence-electron chi connectivity index (χ1n) is 7.30. The van der Waals surface area contributed by atoms with Crippen LogP contribution in [0.15, 0.2) is 45.9 Å². The molecule has 1 amide bonds. The van der Waals surface area contributed by atoms with Gasteiger partial charge in [0, 0.05) is 15.5 Å². The number of sulfonamides is 1. The number of anilines is 1. The minimum atomic E-state index is -3.64. The van der Waals surface area contributed by atoms with Gasteiger partial charge in [0.25, 0.3) is 5.91 Å². The Morgan fingerprint density at radius 3 is 2.72 bits per heavy atom. The lowest BCUT2D eigenvalue weighted by atomic mass is 10.1. The number of benzene rings is 2. The zero-order valence-electron chi connectivity index (χ0n) is 13.4. The van der Waals surface area contributed by atoms with Crippen molar-refractivity contribution in [3.8, 4) is 0 Å². The number of aromatic nitrogens is 2. The highest BCUT2D eigenvalue weighted by Crippen LogP contribution is 2.25. The van der Waals surface area contributed by atoms with E-state index >= 15 is 0 Å². The van der Waals surface area contributed by atoms with Crippen LogP contribution >= 0.6 is 15.9 Å². The number of aromatic amines is 1. The topological polar surface area (TPSA) is 104 Å². The molecule has 130 valence electrons. The summed E-state index contributed by atoms with van der Waals surface area (Å²) in [5.74, 6) is -0.418. The standard InChI is InChI=1S/C16H15BrN4O3S/c1-9-5-10(6-15-13(9)8-19-21-15)20-16(22)12-7-11(3-4-14(12)17)25(23,24)18-2/h3-8,18H,1-2H3,(H,19,21)(H,20,22). The lowest BCUT2D eigenvalue weighted by molar-refractivity contribution is 0.102. The van der Waals surface area contributed by atoms with Gasteiger partial charge in [-0.3, -0.25) is 9.89 Å². The monoisotopic (exact) mass is 422 g/mol. The quantitative estimate of drug-likeness (QED) is 0.600. The summed E-state index contributed by atoms with van der Waals surface area (Å²) in [5, 5.41) is 10.6. The average molecular weight is 423 g/mol. The molecular formula is C16H15BrN4O3S. The van der Waals surface area contributed by atoms with Gasteiger partial charge in [0.1, 0.15) is 0 Å². The van der Waals surface area contributed by atoms with Crippen LogP contribution in [0, 0.1) is 6.92 Å². The van der Waals surface area contributed by atoms with Crippen molar-refractivity contribution < 1.29 is 13.2 Å². The molecule has 2 aromatic carbocycles.